The summed E-state index contributed by atoms with van der Waals surface area (Å²) in [5, 5.41) is 3.16. The van der Waals surface area contributed by atoms with E-state index in [4.69, 9.17) is 4.74 Å². The highest BCUT2D eigenvalue weighted by Crippen LogP contribution is 2.38. The molecule has 1 aliphatic heterocycles. The lowest BCUT2D eigenvalue weighted by atomic mass is 10.0. The lowest BCUT2D eigenvalue weighted by Gasteiger charge is -2.23. The molecule has 0 fully saturated rings. The molecule has 3 rings (SSSR count). The zero-order valence-corrected chi connectivity index (χ0v) is 14.1. The van der Waals surface area contributed by atoms with Crippen molar-refractivity contribution in [2.75, 3.05) is 19.0 Å². The lowest BCUT2D eigenvalue weighted by Crippen LogP contribution is -2.30. The largest absolute Gasteiger partial charge is 0.380 e. The topological polar surface area (TPSA) is 45.6 Å². The van der Waals surface area contributed by atoms with Crippen molar-refractivity contribution >= 4 is 23.6 Å². The lowest BCUT2D eigenvalue weighted by molar-refractivity contribution is 0.125. The molecule has 0 saturated carbocycles. The maximum Gasteiger partial charge on any atom is 0.206 e. The monoisotopic (exact) mass is 349 g/mol. The van der Waals surface area contributed by atoms with E-state index >= 15 is 0 Å². The van der Waals surface area contributed by atoms with Crippen LogP contribution in [0, 0.1) is 11.6 Å². The third-order valence-corrected chi connectivity index (χ3v) is 4.53. The average Bonchev–Trinajstić information content (AvgIpc) is 2.61. The van der Waals surface area contributed by atoms with Gasteiger partial charge in [0.1, 0.15) is 0 Å². The van der Waals surface area contributed by atoms with Crippen LogP contribution in [0.25, 0.3) is 11.1 Å². The fourth-order valence-electron chi connectivity index (χ4n) is 2.29. The average molecular weight is 349 g/mol. The molecule has 24 heavy (non-hydrogen) atoms. The molecule has 0 aromatic heterocycles. The molecule has 0 amide bonds. The minimum atomic E-state index is -0.866. The third-order valence-electron chi connectivity index (χ3n) is 3.68. The van der Waals surface area contributed by atoms with E-state index in [1.165, 1.54) is 18.0 Å². The molecule has 0 saturated heterocycles. The summed E-state index contributed by atoms with van der Waals surface area (Å²) in [5.41, 5.74) is 1.51. The Labute approximate surface area is 143 Å². The summed E-state index contributed by atoms with van der Waals surface area (Å²) >= 11 is 1.37. The molecule has 126 valence electrons. The van der Waals surface area contributed by atoms with Gasteiger partial charge in [0.2, 0.25) is 5.96 Å². The molecule has 1 heterocycles. The first-order valence-electron chi connectivity index (χ1n) is 7.44. The summed E-state index contributed by atoms with van der Waals surface area (Å²) in [4.78, 5) is 5.29. The first kappa shape index (κ1) is 16.7. The van der Waals surface area contributed by atoms with Crippen molar-refractivity contribution in [2.24, 2.45) is 4.99 Å². The summed E-state index contributed by atoms with van der Waals surface area (Å²) in [6.45, 7) is 2.40. The summed E-state index contributed by atoms with van der Waals surface area (Å²) in [6.07, 6.45) is -0.0107. The van der Waals surface area contributed by atoms with Crippen LogP contribution in [-0.2, 0) is 4.74 Å². The molecule has 0 bridgehead atoms. The third kappa shape index (κ3) is 3.37. The second-order valence-corrected chi connectivity index (χ2v) is 6.19. The normalized spacial score (nSPS) is 16.2. The van der Waals surface area contributed by atoms with Gasteiger partial charge in [0.05, 0.1) is 23.2 Å². The molecule has 1 aliphatic rings. The van der Waals surface area contributed by atoms with Crippen molar-refractivity contribution in [1.82, 2.24) is 4.72 Å². The number of methoxy groups -OCH3 is 1. The zero-order chi connectivity index (χ0) is 17.1. The highest BCUT2D eigenvalue weighted by Gasteiger charge is 2.20. The molecule has 2 aromatic rings. The summed E-state index contributed by atoms with van der Waals surface area (Å²) in [6, 6.07) is 9.63. The van der Waals surface area contributed by atoms with Gasteiger partial charge in [-0.15, -0.1) is 0 Å². The first-order valence-corrected chi connectivity index (χ1v) is 8.26. The summed E-state index contributed by atoms with van der Waals surface area (Å²) < 4.78 is 36.0. The second kappa shape index (κ2) is 7.19. The van der Waals surface area contributed by atoms with E-state index in [0.717, 1.165) is 11.0 Å². The smallest absolute Gasteiger partial charge is 0.206 e. The summed E-state index contributed by atoms with van der Waals surface area (Å²) in [5.74, 6) is -1.17. The number of guanidine groups is 1. The number of halogens is 2. The molecule has 0 radical (unpaired) electrons. The number of rotatable bonds is 4. The fourth-order valence-corrected chi connectivity index (χ4v) is 3.03. The molecule has 2 N–H and O–H groups in total. The van der Waals surface area contributed by atoms with Gasteiger partial charge in [0, 0.05) is 18.2 Å². The van der Waals surface area contributed by atoms with E-state index in [1.807, 2.05) is 19.1 Å². The van der Waals surface area contributed by atoms with Gasteiger partial charge in [-0.2, -0.15) is 0 Å². The van der Waals surface area contributed by atoms with Crippen molar-refractivity contribution in [1.29, 1.82) is 0 Å². The number of anilines is 1. The van der Waals surface area contributed by atoms with E-state index in [1.54, 1.807) is 19.2 Å². The number of nitrogens with one attached hydrogen (secondary N) is 2. The van der Waals surface area contributed by atoms with Gasteiger partial charge in [-0.25, -0.2) is 13.8 Å². The molecule has 0 spiro atoms. The number of aliphatic imine (C=N–C) groups is 1. The van der Waals surface area contributed by atoms with Crippen molar-refractivity contribution in [2.45, 2.75) is 17.9 Å². The molecule has 1 atom stereocenters. The first-order chi connectivity index (χ1) is 11.6. The number of ether oxygens (including phenoxy) is 1. The predicted octanol–water partition coefficient (Wildman–Crippen LogP) is 4.04. The minimum absolute atomic E-state index is 0.0107. The predicted molar refractivity (Wildman–Crippen MR) is 93.2 cm³/mol. The molecule has 0 aliphatic carbocycles. The van der Waals surface area contributed by atoms with Crippen molar-refractivity contribution in [3.63, 3.8) is 0 Å². The molecule has 2 aromatic carbocycles. The van der Waals surface area contributed by atoms with E-state index in [0.29, 0.717) is 23.8 Å². The Morgan fingerprint density at radius 1 is 1.17 bits per heavy atom. The van der Waals surface area contributed by atoms with Gasteiger partial charge in [-0.3, -0.25) is 4.72 Å². The number of benzene rings is 2. The maximum absolute atomic E-state index is 14.2. The van der Waals surface area contributed by atoms with Crippen LogP contribution >= 0.6 is 11.9 Å². The van der Waals surface area contributed by atoms with Crippen LogP contribution in [0.3, 0.4) is 0 Å². The number of para-hydroxylation sites is 1. The Morgan fingerprint density at radius 3 is 2.71 bits per heavy atom. The standard InChI is InChI=1S/C17H17F2N3OS/c1-10(23-2)9-20-17-21-16-12(6-4-8-14(16)24-22-17)11-5-3-7-13(18)15(11)19/h3-8,10H,9H2,1-2H3,(H2,20,21,22)/t10-/m0/s1. The summed E-state index contributed by atoms with van der Waals surface area (Å²) in [7, 11) is 1.63. The fraction of sp³-hybridized carbons (Fsp3) is 0.235. The van der Waals surface area contributed by atoms with Gasteiger partial charge in [0.25, 0.3) is 0 Å². The van der Waals surface area contributed by atoms with Crippen molar-refractivity contribution < 1.29 is 13.5 Å². The van der Waals surface area contributed by atoms with Crippen LogP contribution in [0.5, 0.6) is 0 Å². The van der Waals surface area contributed by atoms with Gasteiger partial charge in [0.15, 0.2) is 11.6 Å². The van der Waals surface area contributed by atoms with Gasteiger partial charge in [-0.1, -0.05) is 24.3 Å². The van der Waals surface area contributed by atoms with E-state index < -0.39 is 11.6 Å². The number of hydrogen-bond acceptors (Lipinski definition) is 3. The van der Waals surface area contributed by atoms with Crippen LogP contribution in [0.1, 0.15) is 6.92 Å². The highest BCUT2D eigenvalue weighted by atomic mass is 32.2. The highest BCUT2D eigenvalue weighted by molar-refractivity contribution is 7.98. The van der Waals surface area contributed by atoms with Crippen LogP contribution < -0.4 is 10.0 Å². The van der Waals surface area contributed by atoms with Gasteiger partial charge < -0.3 is 10.1 Å². The second-order valence-electron chi connectivity index (χ2n) is 5.34. The van der Waals surface area contributed by atoms with E-state index in [-0.39, 0.29) is 11.7 Å². The number of fused-ring (bicyclic) bond motifs is 1. The van der Waals surface area contributed by atoms with Gasteiger partial charge in [-0.05, 0) is 31.0 Å². The molecule has 4 nitrogen and oxygen atoms in total. The van der Waals surface area contributed by atoms with Crippen molar-refractivity contribution in [3.05, 3.63) is 48.0 Å². The Bertz CT molecular complexity index is 782. The van der Waals surface area contributed by atoms with E-state index in [2.05, 4.69) is 15.0 Å². The zero-order valence-electron chi connectivity index (χ0n) is 13.3. The van der Waals surface area contributed by atoms with Crippen LogP contribution in [0.4, 0.5) is 14.5 Å². The van der Waals surface area contributed by atoms with Crippen LogP contribution in [-0.4, -0.2) is 25.7 Å². The van der Waals surface area contributed by atoms with Crippen LogP contribution in [0.2, 0.25) is 0 Å². The van der Waals surface area contributed by atoms with Crippen LogP contribution in [0.15, 0.2) is 46.3 Å². The SMILES string of the molecule is CO[C@@H](C)CN=C1NSc2cccc(-c3cccc(F)c3F)c2N1. The minimum Gasteiger partial charge on any atom is -0.380 e. The Kier molecular flexibility index (Phi) is 5.01. The maximum atomic E-state index is 14.2. The van der Waals surface area contributed by atoms with Gasteiger partial charge >= 0.3 is 0 Å². The molecule has 7 heteroatoms. The Hall–Kier alpha value is -2.12. The number of hydrogen-bond donors (Lipinski definition) is 2. The van der Waals surface area contributed by atoms with E-state index in [9.17, 15) is 8.78 Å². The molecule has 0 unspecified atom stereocenters. The Balaban J connectivity index is 1.97. The molecular weight excluding hydrogens is 332 g/mol. The Morgan fingerprint density at radius 2 is 1.92 bits per heavy atom. The quantitative estimate of drug-likeness (QED) is 0.818. The van der Waals surface area contributed by atoms with Crippen molar-refractivity contribution in [3.8, 4) is 11.1 Å². The molecular formula is C17H17F2N3OS. The number of nitrogens with zero attached hydrogens (tertiary/aromatic N) is 1.